The lowest BCUT2D eigenvalue weighted by Gasteiger charge is -1.93. The Labute approximate surface area is 55.1 Å². The number of hydrogen-bond donors (Lipinski definition) is 0. The Kier molecular flexibility index (Phi) is 1.88. The first-order chi connectivity index (χ1) is 4.33. The van der Waals surface area contributed by atoms with Crippen LogP contribution < -0.4 is 5.46 Å². The van der Waals surface area contributed by atoms with Crippen molar-refractivity contribution < 1.29 is 4.39 Å². The summed E-state index contributed by atoms with van der Waals surface area (Å²) in [5, 5.41) is 0. The van der Waals surface area contributed by atoms with Crippen LogP contribution in [0.15, 0.2) is 24.3 Å². The van der Waals surface area contributed by atoms with Crippen LogP contribution in [0.4, 0.5) is 4.39 Å². The largest absolute Gasteiger partial charge is 0.246 e. The normalized spacial score (nSPS) is 9.44. The van der Waals surface area contributed by atoms with Gasteiger partial charge in [-0.15, -0.1) is 0 Å². The van der Waals surface area contributed by atoms with Gasteiger partial charge in [0, 0.05) is 0 Å². The van der Waals surface area contributed by atoms with Crippen LogP contribution in [0.3, 0.4) is 0 Å². The van der Waals surface area contributed by atoms with Crippen LogP contribution in [0, 0.1) is 0 Å². The second-order valence-electron chi connectivity index (χ2n) is 1.88. The van der Waals surface area contributed by atoms with Gasteiger partial charge in [0.05, 0.1) is 0 Å². The van der Waals surface area contributed by atoms with Crippen molar-refractivity contribution in [2.45, 2.75) is 6.67 Å². The number of hydrogen-bond acceptors (Lipinski definition) is 0. The molecule has 1 aromatic carbocycles. The molecule has 2 heteroatoms. The fourth-order valence-corrected chi connectivity index (χ4v) is 0.676. The molecule has 0 N–H and O–H groups in total. The molecule has 0 bridgehead atoms. The van der Waals surface area contributed by atoms with Gasteiger partial charge in [0.15, 0.2) is 0 Å². The van der Waals surface area contributed by atoms with Crippen molar-refractivity contribution >= 4 is 13.3 Å². The first kappa shape index (κ1) is 6.34. The Bertz CT molecular complexity index is 198. The third kappa shape index (κ3) is 1.56. The maximum Gasteiger partial charge on any atom is 0.114 e. The highest BCUT2D eigenvalue weighted by Gasteiger charge is 1.87. The number of alkyl halides is 1. The Morgan fingerprint density at radius 1 is 1.44 bits per heavy atom. The van der Waals surface area contributed by atoms with Crippen molar-refractivity contribution in [1.29, 1.82) is 0 Å². The first-order valence-electron chi connectivity index (χ1n) is 2.73. The molecule has 0 aliphatic carbocycles. The fraction of sp³-hybridized carbons (Fsp3) is 0.143. The number of benzene rings is 1. The molecule has 0 amide bonds. The van der Waals surface area contributed by atoms with Gasteiger partial charge in [0.1, 0.15) is 14.5 Å². The van der Waals surface area contributed by atoms with Crippen LogP contribution in [-0.2, 0) is 6.67 Å². The van der Waals surface area contributed by atoms with Crippen molar-refractivity contribution in [3.05, 3.63) is 29.8 Å². The maximum atomic E-state index is 11.8. The molecule has 0 aromatic heterocycles. The second-order valence-corrected chi connectivity index (χ2v) is 1.88. The molecular formula is C7H6BF. The van der Waals surface area contributed by atoms with Gasteiger partial charge in [0.2, 0.25) is 0 Å². The Hall–Kier alpha value is -0.785. The summed E-state index contributed by atoms with van der Waals surface area (Å²) in [4.78, 5) is 0. The van der Waals surface area contributed by atoms with Crippen LogP contribution in [0.5, 0.6) is 0 Å². The molecule has 0 spiro atoms. The summed E-state index contributed by atoms with van der Waals surface area (Å²) in [5.41, 5.74) is 1.25. The quantitative estimate of drug-likeness (QED) is 0.484. The molecule has 0 nitrogen and oxygen atoms in total. The van der Waals surface area contributed by atoms with Gasteiger partial charge >= 0.3 is 0 Å². The lowest BCUT2D eigenvalue weighted by atomic mass is 9.95. The summed E-state index contributed by atoms with van der Waals surface area (Å²) in [7, 11) is 5.37. The molecule has 9 heavy (non-hydrogen) atoms. The molecule has 0 unspecified atom stereocenters. The van der Waals surface area contributed by atoms with Crippen molar-refractivity contribution in [2.24, 2.45) is 0 Å². The Morgan fingerprint density at radius 3 is 2.67 bits per heavy atom. The minimum Gasteiger partial charge on any atom is -0.246 e. The molecule has 0 saturated carbocycles. The van der Waals surface area contributed by atoms with E-state index in [-0.39, 0.29) is 0 Å². The fourth-order valence-electron chi connectivity index (χ4n) is 0.676. The first-order valence-corrected chi connectivity index (χ1v) is 2.73. The molecule has 1 aromatic rings. The zero-order chi connectivity index (χ0) is 6.69. The average Bonchev–Trinajstić information content (AvgIpc) is 1.88. The minimum atomic E-state index is -0.439. The number of halogens is 1. The van der Waals surface area contributed by atoms with E-state index in [4.69, 9.17) is 7.85 Å². The zero-order valence-corrected chi connectivity index (χ0v) is 4.97. The van der Waals surface area contributed by atoms with E-state index in [0.717, 1.165) is 0 Å². The molecule has 2 radical (unpaired) electrons. The Balaban J connectivity index is 2.94. The lowest BCUT2D eigenvalue weighted by Crippen LogP contribution is -2.00. The SMILES string of the molecule is [B]c1cccc(CF)c1. The van der Waals surface area contributed by atoms with E-state index in [2.05, 4.69) is 0 Å². The van der Waals surface area contributed by atoms with E-state index < -0.39 is 6.67 Å². The van der Waals surface area contributed by atoms with Crippen LogP contribution in [0.1, 0.15) is 5.56 Å². The lowest BCUT2D eigenvalue weighted by molar-refractivity contribution is 0.485. The van der Waals surface area contributed by atoms with Gasteiger partial charge < -0.3 is 0 Å². The summed E-state index contributed by atoms with van der Waals surface area (Å²) in [6, 6.07) is 6.81. The second kappa shape index (κ2) is 2.67. The highest BCUT2D eigenvalue weighted by atomic mass is 19.1. The zero-order valence-electron chi connectivity index (χ0n) is 4.97. The van der Waals surface area contributed by atoms with Crippen molar-refractivity contribution in [3.8, 4) is 0 Å². The third-order valence-electron chi connectivity index (χ3n) is 1.11. The van der Waals surface area contributed by atoms with Gasteiger partial charge in [-0.3, -0.25) is 0 Å². The van der Waals surface area contributed by atoms with Crippen LogP contribution in [0.25, 0.3) is 0 Å². The highest BCUT2D eigenvalue weighted by molar-refractivity contribution is 6.32. The predicted molar refractivity (Wildman–Crippen MR) is 36.6 cm³/mol. The minimum absolute atomic E-state index is 0.439. The molecule has 0 saturated heterocycles. The van der Waals surface area contributed by atoms with E-state index in [9.17, 15) is 4.39 Å². The van der Waals surface area contributed by atoms with E-state index in [1.54, 1.807) is 24.3 Å². The van der Waals surface area contributed by atoms with E-state index >= 15 is 0 Å². The number of rotatable bonds is 1. The molecule has 0 aliphatic heterocycles. The summed E-state index contributed by atoms with van der Waals surface area (Å²) < 4.78 is 11.8. The molecule has 1 rings (SSSR count). The molecule has 0 heterocycles. The van der Waals surface area contributed by atoms with E-state index in [1.807, 2.05) is 0 Å². The Morgan fingerprint density at radius 2 is 2.22 bits per heavy atom. The van der Waals surface area contributed by atoms with Crippen LogP contribution in [0.2, 0.25) is 0 Å². The van der Waals surface area contributed by atoms with Crippen molar-refractivity contribution in [3.63, 3.8) is 0 Å². The molecular weight excluding hydrogens is 114 g/mol. The van der Waals surface area contributed by atoms with E-state index in [1.165, 1.54) is 0 Å². The van der Waals surface area contributed by atoms with Gasteiger partial charge in [-0.25, -0.2) is 4.39 Å². The topological polar surface area (TPSA) is 0 Å². The van der Waals surface area contributed by atoms with Crippen molar-refractivity contribution in [2.75, 3.05) is 0 Å². The maximum absolute atomic E-state index is 11.8. The van der Waals surface area contributed by atoms with Crippen LogP contribution >= 0.6 is 0 Å². The standard InChI is InChI=1S/C7H6BF/c8-7-3-1-2-6(4-7)5-9/h1-4H,5H2. The summed E-state index contributed by atoms with van der Waals surface area (Å²) in [6.07, 6.45) is 0. The van der Waals surface area contributed by atoms with Crippen LogP contribution in [-0.4, -0.2) is 7.85 Å². The predicted octanol–water partition coefficient (Wildman–Crippen LogP) is 0.950. The smallest absolute Gasteiger partial charge is 0.114 e. The monoisotopic (exact) mass is 120 g/mol. The highest BCUT2D eigenvalue weighted by Crippen LogP contribution is 1.96. The molecule has 44 valence electrons. The van der Waals surface area contributed by atoms with Crippen molar-refractivity contribution in [1.82, 2.24) is 0 Å². The summed E-state index contributed by atoms with van der Waals surface area (Å²) in [5.74, 6) is 0. The molecule has 0 aliphatic rings. The molecule has 0 atom stereocenters. The van der Waals surface area contributed by atoms with Gasteiger partial charge in [0.25, 0.3) is 0 Å². The average molecular weight is 120 g/mol. The summed E-state index contributed by atoms with van der Waals surface area (Å²) >= 11 is 0. The van der Waals surface area contributed by atoms with Gasteiger partial charge in [-0.1, -0.05) is 29.7 Å². The van der Waals surface area contributed by atoms with E-state index in [0.29, 0.717) is 11.0 Å². The van der Waals surface area contributed by atoms with Gasteiger partial charge in [-0.05, 0) is 5.56 Å². The van der Waals surface area contributed by atoms with Gasteiger partial charge in [-0.2, -0.15) is 0 Å². The molecule has 0 fully saturated rings. The summed E-state index contributed by atoms with van der Waals surface area (Å²) in [6.45, 7) is -0.439. The third-order valence-corrected chi connectivity index (χ3v) is 1.11.